The highest BCUT2D eigenvalue weighted by molar-refractivity contribution is 7.91. The smallest absolute Gasteiger partial charge is 0.311 e. The van der Waals surface area contributed by atoms with Crippen LogP contribution < -0.4 is 5.73 Å². The van der Waals surface area contributed by atoms with Crippen LogP contribution >= 0.6 is 0 Å². The van der Waals surface area contributed by atoms with Crippen molar-refractivity contribution in [3.63, 3.8) is 0 Å². The van der Waals surface area contributed by atoms with Gasteiger partial charge in [0.2, 0.25) is 0 Å². The van der Waals surface area contributed by atoms with Gasteiger partial charge in [-0.3, -0.25) is 4.79 Å². The van der Waals surface area contributed by atoms with Gasteiger partial charge in [0.15, 0.2) is 9.84 Å². The minimum Gasteiger partial charge on any atom is -0.481 e. The molecule has 1 aromatic rings. The summed E-state index contributed by atoms with van der Waals surface area (Å²) >= 11 is 0. The Morgan fingerprint density at radius 3 is 2.65 bits per heavy atom. The van der Waals surface area contributed by atoms with E-state index in [-0.39, 0.29) is 24.3 Å². The van der Waals surface area contributed by atoms with Crippen LogP contribution in [0.3, 0.4) is 0 Å². The van der Waals surface area contributed by atoms with E-state index in [2.05, 4.69) is 0 Å². The Morgan fingerprint density at radius 2 is 2.10 bits per heavy atom. The highest BCUT2D eigenvalue weighted by Gasteiger charge is 2.49. The van der Waals surface area contributed by atoms with E-state index in [0.717, 1.165) is 11.1 Å². The molecule has 5 nitrogen and oxygen atoms in total. The zero-order valence-electron chi connectivity index (χ0n) is 11.4. The summed E-state index contributed by atoms with van der Waals surface area (Å²) < 4.78 is 23.2. The van der Waals surface area contributed by atoms with Gasteiger partial charge in [-0.25, -0.2) is 8.42 Å². The summed E-state index contributed by atoms with van der Waals surface area (Å²) in [6.07, 6.45) is 0.339. The van der Waals surface area contributed by atoms with E-state index in [4.69, 9.17) is 5.73 Å². The third kappa shape index (κ3) is 2.71. The topological polar surface area (TPSA) is 97.5 Å². The van der Waals surface area contributed by atoms with Crippen LogP contribution in [0.2, 0.25) is 0 Å². The largest absolute Gasteiger partial charge is 0.481 e. The van der Waals surface area contributed by atoms with Gasteiger partial charge < -0.3 is 10.8 Å². The number of carboxylic acids is 1. The second kappa shape index (κ2) is 5.18. The molecule has 0 aromatic heterocycles. The molecule has 1 aliphatic rings. The molecular weight excluding hydrogens is 278 g/mol. The lowest BCUT2D eigenvalue weighted by Crippen LogP contribution is -2.56. The summed E-state index contributed by atoms with van der Waals surface area (Å²) in [4.78, 5) is 11.7. The van der Waals surface area contributed by atoms with E-state index in [0.29, 0.717) is 0 Å². The predicted octanol–water partition coefficient (Wildman–Crippen LogP) is 0.754. The SMILES string of the molecule is Cc1ccccc1CC1(C(=O)O)CCS(=O)(=O)CC1N. The van der Waals surface area contributed by atoms with Crippen molar-refractivity contribution in [1.82, 2.24) is 0 Å². The van der Waals surface area contributed by atoms with Crippen LogP contribution in [0.4, 0.5) is 0 Å². The lowest BCUT2D eigenvalue weighted by molar-refractivity contribution is -0.150. The molecule has 1 saturated heterocycles. The molecule has 0 spiro atoms. The minimum atomic E-state index is -3.23. The van der Waals surface area contributed by atoms with E-state index in [9.17, 15) is 18.3 Å². The number of nitrogens with two attached hydrogens (primary N) is 1. The van der Waals surface area contributed by atoms with Gasteiger partial charge in [-0.2, -0.15) is 0 Å². The second-order valence-electron chi connectivity index (χ2n) is 5.54. The third-order valence-electron chi connectivity index (χ3n) is 4.20. The number of carboxylic acid groups (broad SMARTS) is 1. The number of aliphatic carboxylic acids is 1. The average molecular weight is 297 g/mol. The van der Waals surface area contributed by atoms with Crippen LogP contribution in [0.1, 0.15) is 17.5 Å². The molecular formula is C14H19NO4S. The van der Waals surface area contributed by atoms with Crippen molar-refractivity contribution in [2.24, 2.45) is 11.1 Å². The molecule has 0 saturated carbocycles. The summed E-state index contributed by atoms with van der Waals surface area (Å²) in [6, 6.07) is 6.64. The maximum Gasteiger partial charge on any atom is 0.311 e. The number of hydrogen-bond acceptors (Lipinski definition) is 4. The Hall–Kier alpha value is -1.40. The summed E-state index contributed by atoms with van der Waals surface area (Å²) in [5.74, 6) is -1.38. The standard InChI is InChI=1S/C14H19NO4S/c1-10-4-2-3-5-11(10)8-14(13(16)17)6-7-20(18,19)9-12(14)15/h2-5,12H,6-9,15H2,1H3,(H,16,17). The lowest BCUT2D eigenvalue weighted by atomic mass is 9.73. The maximum absolute atomic E-state index is 11.7. The normalized spacial score (nSPS) is 29.0. The molecule has 6 heteroatoms. The summed E-state index contributed by atoms with van der Waals surface area (Å²) in [5.41, 5.74) is 6.63. The van der Waals surface area contributed by atoms with E-state index in [1.165, 1.54) is 0 Å². The van der Waals surface area contributed by atoms with Crippen LogP contribution in [0, 0.1) is 12.3 Å². The van der Waals surface area contributed by atoms with E-state index in [1.54, 1.807) is 0 Å². The van der Waals surface area contributed by atoms with Gasteiger partial charge in [0.25, 0.3) is 0 Å². The molecule has 20 heavy (non-hydrogen) atoms. The molecule has 0 amide bonds. The fourth-order valence-corrected chi connectivity index (χ4v) is 4.46. The molecule has 2 unspecified atom stereocenters. The van der Waals surface area contributed by atoms with Crippen LogP contribution in [0.5, 0.6) is 0 Å². The van der Waals surface area contributed by atoms with Gasteiger partial charge >= 0.3 is 5.97 Å². The monoisotopic (exact) mass is 297 g/mol. The van der Waals surface area contributed by atoms with Gasteiger partial charge in [0, 0.05) is 6.04 Å². The quantitative estimate of drug-likeness (QED) is 0.858. The average Bonchev–Trinajstić information content (AvgIpc) is 2.34. The van der Waals surface area contributed by atoms with Gasteiger partial charge in [0.1, 0.15) is 0 Å². The summed E-state index contributed by atoms with van der Waals surface area (Å²) in [6.45, 7) is 1.91. The van der Waals surface area contributed by atoms with Crippen molar-refractivity contribution in [2.45, 2.75) is 25.8 Å². The van der Waals surface area contributed by atoms with Gasteiger partial charge in [-0.05, 0) is 30.9 Å². The van der Waals surface area contributed by atoms with Crippen molar-refractivity contribution in [3.05, 3.63) is 35.4 Å². The van der Waals surface area contributed by atoms with Crippen LogP contribution in [-0.4, -0.2) is 37.0 Å². The number of carbonyl (C=O) groups is 1. The molecule has 1 aromatic carbocycles. The fourth-order valence-electron chi connectivity index (χ4n) is 2.75. The zero-order valence-corrected chi connectivity index (χ0v) is 12.2. The predicted molar refractivity (Wildman–Crippen MR) is 76.2 cm³/mol. The van der Waals surface area contributed by atoms with Crippen molar-refractivity contribution in [1.29, 1.82) is 0 Å². The number of hydrogen-bond donors (Lipinski definition) is 2. The van der Waals surface area contributed by atoms with E-state index < -0.39 is 27.3 Å². The third-order valence-corrected chi connectivity index (χ3v) is 5.89. The Morgan fingerprint density at radius 1 is 1.45 bits per heavy atom. The maximum atomic E-state index is 11.7. The minimum absolute atomic E-state index is 0.0696. The molecule has 3 N–H and O–H groups in total. The number of sulfone groups is 1. The highest BCUT2D eigenvalue weighted by Crippen LogP contribution is 2.36. The van der Waals surface area contributed by atoms with Gasteiger partial charge in [-0.1, -0.05) is 24.3 Å². The molecule has 1 fully saturated rings. The van der Waals surface area contributed by atoms with Crippen LogP contribution in [-0.2, 0) is 21.1 Å². The van der Waals surface area contributed by atoms with Crippen molar-refractivity contribution >= 4 is 15.8 Å². The number of aryl methyl sites for hydroxylation is 1. The van der Waals surface area contributed by atoms with Crippen molar-refractivity contribution in [2.75, 3.05) is 11.5 Å². The summed E-state index contributed by atoms with van der Waals surface area (Å²) in [5, 5.41) is 9.61. The first kappa shape index (κ1) is 15.0. The molecule has 2 rings (SSSR count). The molecule has 1 aliphatic heterocycles. The Labute approximate surface area is 118 Å². The van der Waals surface area contributed by atoms with Crippen molar-refractivity contribution < 1.29 is 18.3 Å². The zero-order chi connectivity index (χ0) is 15.0. The fraction of sp³-hybridized carbons (Fsp3) is 0.500. The van der Waals surface area contributed by atoms with E-state index in [1.807, 2.05) is 31.2 Å². The first-order valence-corrected chi connectivity index (χ1v) is 8.33. The lowest BCUT2D eigenvalue weighted by Gasteiger charge is -2.38. The van der Waals surface area contributed by atoms with Crippen LogP contribution in [0.15, 0.2) is 24.3 Å². The molecule has 1 heterocycles. The molecule has 0 bridgehead atoms. The molecule has 110 valence electrons. The number of rotatable bonds is 3. The second-order valence-corrected chi connectivity index (χ2v) is 7.76. The number of benzene rings is 1. The van der Waals surface area contributed by atoms with Gasteiger partial charge in [0.05, 0.1) is 16.9 Å². The Kier molecular flexibility index (Phi) is 3.88. The Bertz CT molecular complexity index is 626. The van der Waals surface area contributed by atoms with Crippen LogP contribution in [0.25, 0.3) is 0 Å². The molecule has 0 aliphatic carbocycles. The molecule has 0 radical (unpaired) electrons. The highest BCUT2D eigenvalue weighted by atomic mass is 32.2. The first-order chi connectivity index (χ1) is 9.27. The Balaban J connectivity index is 2.37. The van der Waals surface area contributed by atoms with E-state index >= 15 is 0 Å². The first-order valence-electron chi connectivity index (χ1n) is 6.51. The summed E-state index contributed by atoms with van der Waals surface area (Å²) in [7, 11) is -3.23. The molecule has 2 atom stereocenters. The van der Waals surface area contributed by atoms with Crippen molar-refractivity contribution in [3.8, 4) is 0 Å². The van der Waals surface area contributed by atoms with Gasteiger partial charge in [-0.15, -0.1) is 0 Å².